The molecule has 14 heavy (non-hydrogen) atoms. The van der Waals surface area contributed by atoms with Crippen LogP contribution in [0, 0.1) is 25.2 Å². The first kappa shape index (κ1) is 8.89. The Bertz CT molecular complexity index is 418. The smallest absolute Gasteiger partial charge is 0.179 e. The molecule has 0 spiro atoms. The van der Waals surface area contributed by atoms with E-state index in [4.69, 9.17) is 14.7 Å². The summed E-state index contributed by atoms with van der Waals surface area (Å²) in [7, 11) is 0. The van der Waals surface area contributed by atoms with Crippen LogP contribution < -0.4 is 9.47 Å². The predicted molar refractivity (Wildman–Crippen MR) is 51.6 cm³/mol. The van der Waals surface area contributed by atoms with Gasteiger partial charge < -0.3 is 9.47 Å². The zero-order valence-electron chi connectivity index (χ0n) is 8.26. The molecule has 0 fully saturated rings. The molecule has 0 saturated carbocycles. The van der Waals surface area contributed by atoms with Crippen molar-refractivity contribution in [3.05, 3.63) is 22.8 Å². The minimum atomic E-state index is 0.518. The van der Waals surface area contributed by atoms with Gasteiger partial charge in [0, 0.05) is 0 Å². The SMILES string of the molecule is Cc1cc2c(c(C#N)c1C)OCCO2. The molecule has 1 heterocycles. The molecule has 1 aromatic carbocycles. The van der Waals surface area contributed by atoms with Crippen LogP contribution in [0.5, 0.6) is 11.5 Å². The summed E-state index contributed by atoms with van der Waals surface area (Å²) >= 11 is 0. The number of ether oxygens (including phenoxy) is 2. The predicted octanol–water partition coefficient (Wildman–Crippen LogP) is 1.95. The van der Waals surface area contributed by atoms with Crippen molar-refractivity contribution in [3.8, 4) is 17.6 Å². The number of hydrogen-bond acceptors (Lipinski definition) is 3. The zero-order chi connectivity index (χ0) is 10.1. The van der Waals surface area contributed by atoms with Crippen LogP contribution in [-0.2, 0) is 0 Å². The summed E-state index contributed by atoms with van der Waals surface area (Å²) in [6.07, 6.45) is 0. The van der Waals surface area contributed by atoms with Crippen molar-refractivity contribution >= 4 is 0 Å². The van der Waals surface area contributed by atoms with E-state index in [1.54, 1.807) is 0 Å². The third kappa shape index (κ3) is 1.20. The van der Waals surface area contributed by atoms with Gasteiger partial charge in [-0.25, -0.2) is 0 Å². The van der Waals surface area contributed by atoms with Crippen LogP contribution in [0.1, 0.15) is 16.7 Å². The molecular weight excluding hydrogens is 178 g/mol. The molecule has 1 aliphatic rings. The summed E-state index contributed by atoms with van der Waals surface area (Å²) < 4.78 is 10.9. The molecule has 0 radical (unpaired) electrons. The molecular formula is C11H11NO2. The lowest BCUT2D eigenvalue weighted by Crippen LogP contribution is -2.17. The molecule has 0 saturated heterocycles. The number of aryl methyl sites for hydroxylation is 1. The average Bonchev–Trinajstić information content (AvgIpc) is 2.20. The highest BCUT2D eigenvalue weighted by Gasteiger charge is 2.19. The molecule has 1 aromatic rings. The summed E-state index contributed by atoms with van der Waals surface area (Å²) in [5, 5.41) is 9.01. The quantitative estimate of drug-likeness (QED) is 0.626. The topological polar surface area (TPSA) is 42.2 Å². The Kier molecular flexibility index (Phi) is 2.05. The lowest BCUT2D eigenvalue weighted by atomic mass is 10.0. The fraction of sp³-hybridized carbons (Fsp3) is 0.364. The molecule has 3 heteroatoms. The second-order valence-electron chi connectivity index (χ2n) is 3.33. The van der Waals surface area contributed by atoms with Crippen LogP contribution in [0.25, 0.3) is 0 Å². The first-order chi connectivity index (χ1) is 6.74. The minimum Gasteiger partial charge on any atom is -0.486 e. The van der Waals surface area contributed by atoms with Gasteiger partial charge in [-0.1, -0.05) is 0 Å². The average molecular weight is 189 g/mol. The van der Waals surface area contributed by atoms with Crippen LogP contribution in [-0.4, -0.2) is 13.2 Å². The van der Waals surface area contributed by atoms with Gasteiger partial charge in [0.1, 0.15) is 24.8 Å². The van der Waals surface area contributed by atoms with Crippen molar-refractivity contribution in [2.45, 2.75) is 13.8 Å². The van der Waals surface area contributed by atoms with Gasteiger partial charge in [0.05, 0.1) is 0 Å². The lowest BCUT2D eigenvalue weighted by molar-refractivity contribution is 0.171. The second-order valence-corrected chi connectivity index (χ2v) is 3.33. The number of rotatable bonds is 0. The number of nitriles is 1. The van der Waals surface area contributed by atoms with Crippen molar-refractivity contribution in [1.29, 1.82) is 5.26 Å². The summed E-state index contributed by atoms with van der Waals surface area (Å²) in [5.41, 5.74) is 2.63. The fourth-order valence-electron chi connectivity index (χ4n) is 1.54. The van der Waals surface area contributed by atoms with Crippen LogP contribution in [0.2, 0.25) is 0 Å². The van der Waals surface area contributed by atoms with E-state index in [-0.39, 0.29) is 0 Å². The summed E-state index contributed by atoms with van der Waals surface area (Å²) in [6, 6.07) is 4.08. The summed E-state index contributed by atoms with van der Waals surface area (Å²) in [6.45, 7) is 4.96. The zero-order valence-corrected chi connectivity index (χ0v) is 8.26. The Morgan fingerprint density at radius 3 is 2.71 bits per heavy atom. The van der Waals surface area contributed by atoms with Crippen LogP contribution in [0.4, 0.5) is 0 Å². The highest BCUT2D eigenvalue weighted by atomic mass is 16.6. The summed E-state index contributed by atoms with van der Waals surface area (Å²) in [5.74, 6) is 1.29. The van der Waals surface area contributed by atoms with E-state index < -0.39 is 0 Å². The maximum absolute atomic E-state index is 9.01. The molecule has 0 N–H and O–H groups in total. The van der Waals surface area contributed by atoms with Crippen LogP contribution >= 0.6 is 0 Å². The number of nitrogens with zero attached hydrogens (tertiary/aromatic N) is 1. The molecule has 2 rings (SSSR count). The van der Waals surface area contributed by atoms with Crippen molar-refractivity contribution in [3.63, 3.8) is 0 Å². The normalized spacial score (nSPS) is 13.5. The Labute approximate surface area is 82.9 Å². The Hall–Kier alpha value is -1.69. The van der Waals surface area contributed by atoms with E-state index in [2.05, 4.69) is 6.07 Å². The number of hydrogen-bond donors (Lipinski definition) is 0. The van der Waals surface area contributed by atoms with Gasteiger partial charge in [-0.15, -0.1) is 0 Å². The van der Waals surface area contributed by atoms with Gasteiger partial charge in [-0.3, -0.25) is 0 Å². The number of benzene rings is 1. The van der Waals surface area contributed by atoms with Gasteiger partial charge in [-0.2, -0.15) is 5.26 Å². The fourth-order valence-corrected chi connectivity index (χ4v) is 1.54. The molecule has 0 bridgehead atoms. The first-order valence-electron chi connectivity index (χ1n) is 4.54. The van der Waals surface area contributed by atoms with E-state index in [1.807, 2.05) is 19.9 Å². The molecule has 1 aliphatic heterocycles. The van der Waals surface area contributed by atoms with Crippen molar-refractivity contribution in [2.24, 2.45) is 0 Å². The Morgan fingerprint density at radius 2 is 2.00 bits per heavy atom. The Balaban J connectivity index is 2.67. The molecule has 72 valence electrons. The molecule has 0 aliphatic carbocycles. The van der Waals surface area contributed by atoms with Crippen LogP contribution in [0.15, 0.2) is 6.07 Å². The van der Waals surface area contributed by atoms with Gasteiger partial charge >= 0.3 is 0 Å². The van der Waals surface area contributed by atoms with E-state index >= 15 is 0 Å². The summed E-state index contributed by atoms with van der Waals surface area (Å²) in [4.78, 5) is 0. The van der Waals surface area contributed by atoms with Gasteiger partial charge in [0.15, 0.2) is 11.5 Å². The van der Waals surface area contributed by atoms with Gasteiger partial charge in [-0.05, 0) is 31.0 Å². The Morgan fingerprint density at radius 1 is 1.29 bits per heavy atom. The van der Waals surface area contributed by atoms with E-state index in [0.29, 0.717) is 30.3 Å². The largest absolute Gasteiger partial charge is 0.486 e. The highest BCUT2D eigenvalue weighted by molar-refractivity contribution is 5.59. The van der Waals surface area contributed by atoms with Crippen molar-refractivity contribution in [1.82, 2.24) is 0 Å². The minimum absolute atomic E-state index is 0.518. The molecule has 0 atom stereocenters. The molecule has 3 nitrogen and oxygen atoms in total. The van der Waals surface area contributed by atoms with E-state index in [1.165, 1.54) is 0 Å². The molecule has 0 unspecified atom stereocenters. The standard InChI is InChI=1S/C11H11NO2/c1-7-5-10-11(14-4-3-13-10)9(6-12)8(7)2/h5H,3-4H2,1-2H3. The van der Waals surface area contributed by atoms with E-state index in [9.17, 15) is 0 Å². The maximum atomic E-state index is 9.01. The van der Waals surface area contributed by atoms with Crippen molar-refractivity contribution < 1.29 is 9.47 Å². The third-order valence-corrected chi connectivity index (χ3v) is 2.46. The van der Waals surface area contributed by atoms with Gasteiger partial charge in [0.2, 0.25) is 0 Å². The molecule has 0 aromatic heterocycles. The van der Waals surface area contributed by atoms with Gasteiger partial charge in [0.25, 0.3) is 0 Å². The highest BCUT2D eigenvalue weighted by Crippen LogP contribution is 2.36. The molecule has 0 amide bonds. The third-order valence-electron chi connectivity index (χ3n) is 2.46. The second kappa shape index (κ2) is 3.22. The first-order valence-corrected chi connectivity index (χ1v) is 4.54. The van der Waals surface area contributed by atoms with E-state index in [0.717, 1.165) is 11.1 Å². The van der Waals surface area contributed by atoms with Crippen molar-refractivity contribution in [2.75, 3.05) is 13.2 Å². The van der Waals surface area contributed by atoms with Crippen LogP contribution in [0.3, 0.4) is 0 Å². The maximum Gasteiger partial charge on any atom is 0.179 e. The lowest BCUT2D eigenvalue weighted by Gasteiger charge is -2.21. The number of fused-ring (bicyclic) bond motifs is 1. The monoisotopic (exact) mass is 189 g/mol.